The largest absolute Gasteiger partial charge is 0.460 e. The summed E-state index contributed by atoms with van der Waals surface area (Å²) >= 11 is 0.415. The lowest BCUT2D eigenvalue weighted by Crippen LogP contribution is -2.70. The monoisotopic (exact) mass is 438 g/mol. The van der Waals surface area contributed by atoms with E-state index in [4.69, 9.17) is 5.11 Å². The fourth-order valence-electron chi connectivity index (χ4n) is 1.43. The molecule has 0 fully saturated rings. The van der Waals surface area contributed by atoms with Gasteiger partial charge in [-0.15, -0.1) is 0 Å². The van der Waals surface area contributed by atoms with Crippen molar-refractivity contribution in [1.82, 2.24) is 0 Å². The van der Waals surface area contributed by atoms with Crippen molar-refractivity contribution in [3.05, 3.63) is 0 Å². The second-order valence-electron chi connectivity index (χ2n) is 4.94. The van der Waals surface area contributed by atoms with Gasteiger partial charge in [0.1, 0.15) is 0 Å². The van der Waals surface area contributed by atoms with Crippen LogP contribution in [0.2, 0.25) is 0 Å². The highest BCUT2D eigenvalue weighted by Gasteiger charge is 2.90. The first-order chi connectivity index (χ1) is 11.3. The number of hydrogen-bond donors (Lipinski definition) is 1. The molecule has 158 valence electrons. The van der Waals surface area contributed by atoms with E-state index in [0.29, 0.717) is 11.8 Å². The Hall–Kier alpha value is -0.600. The molecular weight excluding hydrogens is 427 g/mol. The quantitative estimate of drug-likeness (QED) is 0.373. The van der Waals surface area contributed by atoms with Crippen molar-refractivity contribution in [2.75, 3.05) is 18.1 Å². The second-order valence-corrected chi connectivity index (χ2v) is 6.16. The second kappa shape index (κ2) is 7.80. The molecule has 26 heavy (non-hydrogen) atoms. The fourth-order valence-corrected chi connectivity index (χ4v) is 2.37. The van der Waals surface area contributed by atoms with Crippen LogP contribution >= 0.6 is 11.8 Å². The molecule has 0 aromatic heterocycles. The molecule has 0 atom stereocenters. The molecule has 0 saturated carbocycles. The van der Waals surface area contributed by atoms with Gasteiger partial charge in [0, 0.05) is 13.0 Å². The minimum absolute atomic E-state index is 0.0152. The minimum Gasteiger partial charge on any atom is -0.396 e. The molecule has 0 aliphatic heterocycles. The van der Waals surface area contributed by atoms with Gasteiger partial charge in [-0.1, -0.05) is 0 Å². The van der Waals surface area contributed by atoms with E-state index in [1.807, 2.05) is 0 Å². The molecule has 0 radical (unpaired) electrons. The van der Waals surface area contributed by atoms with Crippen LogP contribution in [0.3, 0.4) is 0 Å². The van der Waals surface area contributed by atoms with Crippen molar-refractivity contribution in [2.24, 2.45) is 0 Å². The standard InChI is InChI=1S/C11H11F13OS/c12-6(13,2-5-26-4-1-3-25)7(14,15)8(16,17)9(18,19)10(20,21)11(22,23)24/h25H,1-5H2. The number of aliphatic hydroxyl groups is 1. The van der Waals surface area contributed by atoms with Gasteiger partial charge in [-0.25, -0.2) is 0 Å². The summed E-state index contributed by atoms with van der Waals surface area (Å²) < 4.78 is 166. The summed E-state index contributed by atoms with van der Waals surface area (Å²) in [5, 5.41) is 8.37. The van der Waals surface area contributed by atoms with E-state index in [1.165, 1.54) is 0 Å². The number of rotatable bonds is 10. The van der Waals surface area contributed by atoms with E-state index in [1.54, 1.807) is 0 Å². The lowest BCUT2D eigenvalue weighted by atomic mass is 9.93. The average Bonchev–Trinajstić information content (AvgIpc) is 2.44. The Balaban J connectivity index is 5.64. The van der Waals surface area contributed by atoms with Gasteiger partial charge in [-0.2, -0.15) is 68.8 Å². The molecule has 0 unspecified atom stereocenters. The molecule has 0 bridgehead atoms. The number of hydrogen-bond acceptors (Lipinski definition) is 2. The van der Waals surface area contributed by atoms with E-state index in [0.717, 1.165) is 0 Å². The molecule has 1 nitrogen and oxygen atoms in total. The Kier molecular flexibility index (Phi) is 7.62. The number of halogens is 13. The summed E-state index contributed by atoms with van der Waals surface area (Å²) in [7, 11) is 0. The van der Waals surface area contributed by atoms with Crippen LogP contribution in [-0.4, -0.2) is 59.0 Å². The highest BCUT2D eigenvalue weighted by atomic mass is 32.2. The molecule has 0 spiro atoms. The molecule has 0 rings (SSSR count). The van der Waals surface area contributed by atoms with Crippen molar-refractivity contribution >= 4 is 11.8 Å². The average molecular weight is 438 g/mol. The first-order valence-corrected chi connectivity index (χ1v) is 7.61. The van der Waals surface area contributed by atoms with Crippen molar-refractivity contribution < 1.29 is 62.2 Å². The van der Waals surface area contributed by atoms with Crippen LogP contribution in [0.15, 0.2) is 0 Å². The van der Waals surface area contributed by atoms with Gasteiger partial charge < -0.3 is 5.11 Å². The first-order valence-electron chi connectivity index (χ1n) is 6.45. The van der Waals surface area contributed by atoms with Gasteiger partial charge in [0.25, 0.3) is 0 Å². The first kappa shape index (κ1) is 25.4. The van der Waals surface area contributed by atoms with E-state index in [2.05, 4.69) is 0 Å². The third-order valence-electron chi connectivity index (χ3n) is 3.01. The normalized spacial score (nSPS) is 15.5. The van der Waals surface area contributed by atoms with E-state index >= 15 is 0 Å². The fraction of sp³-hybridized carbons (Fsp3) is 1.00. The molecule has 15 heteroatoms. The molecule has 0 aromatic rings. The van der Waals surface area contributed by atoms with Crippen LogP contribution in [0.5, 0.6) is 0 Å². The van der Waals surface area contributed by atoms with Crippen LogP contribution in [0, 0.1) is 0 Å². The molecule has 0 aliphatic rings. The zero-order valence-electron chi connectivity index (χ0n) is 12.3. The molecule has 0 aliphatic carbocycles. The zero-order valence-corrected chi connectivity index (χ0v) is 13.1. The third-order valence-corrected chi connectivity index (χ3v) is 4.08. The van der Waals surface area contributed by atoms with Crippen LogP contribution < -0.4 is 0 Å². The van der Waals surface area contributed by atoms with Crippen molar-refractivity contribution in [1.29, 1.82) is 0 Å². The summed E-state index contributed by atoms with van der Waals surface area (Å²) in [5.41, 5.74) is 0. The molecule has 0 saturated heterocycles. The number of aliphatic hydroxyl groups excluding tert-OH is 1. The van der Waals surface area contributed by atoms with Crippen LogP contribution in [0.4, 0.5) is 57.1 Å². The van der Waals surface area contributed by atoms with Gasteiger partial charge in [0.05, 0.1) is 0 Å². The maximum atomic E-state index is 13.3. The molecule has 0 heterocycles. The molecule has 0 aromatic carbocycles. The predicted molar refractivity (Wildman–Crippen MR) is 64.4 cm³/mol. The summed E-state index contributed by atoms with van der Waals surface area (Å²) in [5.74, 6) is -37.7. The third kappa shape index (κ3) is 4.28. The number of alkyl halides is 13. The van der Waals surface area contributed by atoms with Gasteiger partial charge in [0.15, 0.2) is 0 Å². The maximum Gasteiger partial charge on any atom is 0.460 e. The molecule has 1 N–H and O–H groups in total. The Bertz CT molecular complexity index is 459. The van der Waals surface area contributed by atoms with Gasteiger partial charge in [-0.3, -0.25) is 0 Å². The highest BCUT2D eigenvalue weighted by Crippen LogP contribution is 2.60. The van der Waals surface area contributed by atoms with Gasteiger partial charge >= 0.3 is 35.8 Å². The summed E-state index contributed by atoms with van der Waals surface area (Å²) in [6, 6.07) is 0. The Labute approximate surface area is 141 Å². The van der Waals surface area contributed by atoms with Crippen molar-refractivity contribution in [3.63, 3.8) is 0 Å². The van der Waals surface area contributed by atoms with E-state index < -0.39 is 54.6 Å². The lowest BCUT2D eigenvalue weighted by molar-refractivity contribution is -0.439. The topological polar surface area (TPSA) is 20.2 Å². The molecular formula is C11H11F13OS. The van der Waals surface area contributed by atoms with E-state index in [-0.39, 0.29) is 12.2 Å². The summed E-state index contributed by atoms with van der Waals surface area (Å²) in [4.78, 5) is 0. The predicted octanol–water partition coefficient (Wildman–Crippen LogP) is 5.23. The van der Waals surface area contributed by atoms with Crippen LogP contribution in [0.25, 0.3) is 0 Å². The van der Waals surface area contributed by atoms with Crippen molar-refractivity contribution in [3.8, 4) is 0 Å². The highest BCUT2D eigenvalue weighted by molar-refractivity contribution is 7.99. The zero-order chi connectivity index (χ0) is 21.2. The summed E-state index contributed by atoms with van der Waals surface area (Å²) in [6.45, 7) is -0.434. The van der Waals surface area contributed by atoms with Gasteiger partial charge in [-0.05, 0) is 17.9 Å². The number of thioether (sulfide) groups is 1. The van der Waals surface area contributed by atoms with Gasteiger partial charge in [0.2, 0.25) is 0 Å². The van der Waals surface area contributed by atoms with Crippen molar-refractivity contribution in [2.45, 2.75) is 48.6 Å². The molecule has 0 amide bonds. The van der Waals surface area contributed by atoms with E-state index in [9.17, 15) is 57.1 Å². The smallest absolute Gasteiger partial charge is 0.396 e. The van der Waals surface area contributed by atoms with Crippen LogP contribution in [0.1, 0.15) is 12.8 Å². The Morgan fingerprint density at radius 3 is 1.38 bits per heavy atom. The SMILES string of the molecule is OCCCSCCC(F)(F)C(F)(F)C(F)(F)C(F)(F)C(F)(F)C(F)(F)F. The Morgan fingerprint density at radius 2 is 1.00 bits per heavy atom. The minimum atomic E-state index is -7.85. The summed E-state index contributed by atoms with van der Waals surface area (Å²) in [6.07, 6.45) is -9.62. The van der Waals surface area contributed by atoms with Crippen LogP contribution in [-0.2, 0) is 0 Å². The Morgan fingerprint density at radius 1 is 0.577 bits per heavy atom. The lowest BCUT2D eigenvalue weighted by Gasteiger charge is -2.39. The maximum absolute atomic E-state index is 13.3.